The fourth-order valence-electron chi connectivity index (χ4n) is 2.00. The number of hydrogen-bond donors (Lipinski definition) is 2. The topological polar surface area (TPSA) is 69.6 Å². The van der Waals surface area contributed by atoms with Crippen LogP contribution in [0.15, 0.2) is 24.3 Å². The van der Waals surface area contributed by atoms with Crippen molar-refractivity contribution >= 4 is 11.8 Å². The van der Waals surface area contributed by atoms with E-state index in [0.29, 0.717) is 5.56 Å². The number of aromatic hydroxyl groups is 1. The third kappa shape index (κ3) is 2.30. The molecule has 1 aliphatic heterocycles. The minimum atomic E-state index is -0.658. The molecule has 0 aliphatic carbocycles. The maximum atomic E-state index is 12.2. The van der Waals surface area contributed by atoms with E-state index in [1.165, 1.54) is 12.1 Å². The van der Waals surface area contributed by atoms with Crippen LogP contribution in [0.1, 0.15) is 25.5 Å². The SMILES string of the molecule is CC(C)N1CC(=O)N[C@H](c2ccc(O)cc2)C1=O. The Labute approximate surface area is 105 Å². The summed E-state index contributed by atoms with van der Waals surface area (Å²) < 4.78 is 0. The second kappa shape index (κ2) is 4.68. The molecule has 0 spiro atoms. The summed E-state index contributed by atoms with van der Waals surface area (Å²) in [5, 5.41) is 11.9. The Balaban J connectivity index is 2.28. The first-order valence-electron chi connectivity index (χ1n) is 5.88. The number of phenolic OH excluding ortho intramolecular Hbond substituents is 1. The van der Waals surface area contributed by atoms with Crippen LogP contribution in [-0.4, -0.2) is 34.4 Å². The summed E-state index contributed by atoms with van der Waals surface area (Å²) >= 11 is 0. The minimum Gasteiger partial charge on any atom is -0.508 e. The van der Waals surface area contributed by atoms with Gasteiger partial charge in [0.15, 0.2) is 0 Å². The van der Waals surface area contributed by atoms with E-state index in [1.807, 2.05) is 13.8 Å². The van der Waals surface area contributed by atoms with Gasteiger partial charge in [-0.05, 0) is 31.5 Å². The van der Waals surface area contributed by atoms with Crippen molar-refractivity contribution in [1.29, 1.82) is 0 Å². The number of benzene rings is 1. The molecule has 0 saturated carbocycles. The number of hydrogen-bond acceptors (Lipinski definition) is 3. The Morgan fingerprint density at radius 1 is 1.28 bits per heavy atom. The zero-order valence-corrected chi connectivity index (χ0v) is 10.4. The highest BCUT2D eigenvalue weighted by Gasteiger charge is 2.34. The van der Waals surface area contributed by atoms with Crippen molar-refractivity contribution in [2.24, 2.45) is 0 Å². The number of piperazine rings is 1. The summed E-state index contributed by atoms with van der Waals surface area (Å²) in [4.78, 5) is 25.4. The van der Waals surface area contributed by atoms with E-state index < -0.39 is 6.04 Å². The molecule has 1 aliphatic rings. The van der Waals surface area contributed by atoms with Gasteiger partial charge in [0.2, 0.25) is 5.91 Å². The third-order valence-corrected chi connectivity index (χ3v) is 3.00. The Hall–Kier alpha value is -2.04. The highest BCUT2D eigenvalue weighted by Crippen LogP contribution is 2.22. The van der Waals surface area contributed by atoms with Crippen molar-refractivity contribution in [3.8, 4) is 5.75 Å². The molecule has 5 nitrogen and oxygen atoms in total. The molecule has 18 heavy (non-hydrogen) atoms. The summed E-state index contributed by atoms with van der Waals surface area (Å²) in [6.45, 7) is 3.86. The first kappa shape index (κ1) is 12.4. The highest BCUT2D eigenvalue weighted by molar-refractivity contribution is 5.95. The molecule has 96 valence electrons. The number of nitrogens with zero attached hydrogens (tertiary/aromatic N) is 1. The average Bonchev–Trinajstić information content (AvgIpc) is 2.32. The first-order valence-corrected chi connectivity index (χ1v) is 5.88. The van der Waals surface area contributed by atoms with Gasteiger partial charge in [0.1, 0.15) is 11.8 Å². The van der Waals surface area contributed by atoms with Crippen LogP contribution in [0.2, 0.25) is 0 Å². The van der Waals surface area contributed by atoms with Crippen molar-refractivity contribution in [3.63, 3.8) is 0 Å². The van der Waals surface area contributed by atoms with Crippen molar-refractivity contribution in [2.75, 3.05) is 6.54 Å². The van der Waals surface area contributed by atoms with E-state index >= 15 is 0 Å². The van der Waals surface area contributed by atoms with Gasteiger partial charge in [0.25, 0.3) is 5.91 Å². The molecule has 1 atom stereocenters. The Kier molecular flexibility index (Phi) is 3.23. The van der Waals surface area contributed by atoms with E-state index in [9.17, 15) is 14.7 Å². The molecule has 1 aromatic rings. The van der Waals surface area contributed by atoms with Crippen molar-refractivity contribution in [1.82, 2.24) is 10.2 Å². The number of amides is 2. The lowest BCUT2D eigenvalue weighted by Crippen LogP contribution is -2.55. The van der Waals surface area contributed by atoms with Crippen LogP contribution in [0.25, 0.3) is 0 Å². The Bertz CT molecular complexity index is 468. The van der Waals surface area contributed by atoms with E-state index in [-0.39, 0.29) is 30.2 Å². The van der Waals surface area contributed by atoms with Crippen LogP contribution in [-0.2, 0) is 9.59 Å². The van der Waals surface area contributed by atoms with Gasteiger partial charge < -0.3 is 15.3 Å². The second-order valence-corrected chi connectivity index (χ2v) is 4.65. The van der Waals surface area contributed by atoms with Gasteiger partial charge >= 0.3 is 0 Å². The monoisotopic (exact) mass is 248 g/mol. The van der Waals surface area contributed by atoms with Gasteiger partial charge in [-0.25, -0.2) is 0 Å². The molecule has 1 aromatic carbocycles. The summed E-state index contributed by atoms with van der Waals surface area (Å²) in [7, 11) is 0. The average molecular weight is 248 g/mol. The molecule has 1 saturated heterocycles. The zero-order valence-electron chi connectivity index (χ0n) is 10.4. The third-order valence-electron chi connectivity index (χ3n) is 3.00. The predicted octanol–water partition coefficient (Wildman–Crippen LogP) is 0.800. The molecule has 0 aromatic heterocycles. The summed E-state index contributed by atoms with van der Waals surface area (Å²) in [6.07, 6.45) is 0. The van der Waals surface area contributed by atoms with Crippen LogP contribution >= 0.6 is 0 Å². The van der Waals surface area contributed by atoms with E-state index in [4.69, 9.17) is 0 Å². The molecule has 2 rings (SSSR count). The smallest absolute Gasteiger partial charge is 0.250 e. The lowest BCUT2D eigenvalue weighted by molar-refractivity contribution is -0.146. The molecule has 0 unspecified atom stereocenters. The molecule has 5 heteroatoms. The molecular formula is C13H16N2O3. The van der Waals surface area contributed by atoms with E-state index in [1.54, 1.807) is 17.0 Å². The minimum absolute atomic E-state index is 0.0110. The molecule has 1 fully saturated rings. The van der Waals surface area contributed by atoms with Crippen LogP contribution in [0.3, 0.4) is 0 Å². The number of phenols is 1. The number of rotatable bonds is 2. The van der Waals surface area contributed by atoms with Crippen LogP contribution in [0, 0.1) is 0 Å². The van der Waals surface area contributed by atoms with Gasteiger partial charge in [-0.3, -0.25) is 9.59 Å². The quantitative estimate of drug-likeness (QED) is 0.813. The molecule has 1 heterocycles. The van der Waals surface area contributed by atoms with Gasteiger partial charge in [-0.1, -0.05) is 12.1 Å². The summed E-state index contributed by atoms with van der Waals surface area (Å²) in [5.74, 6) is -0.147. The number of nitrogens with one attached hydrogen (secondary N) is 1. The Morgan fingerprint density at radius 3 is 2.44 bits per heavy atom. The van der Waals surface area contributed by atoms with E-state index in [2.05, 4.69) is 5.32 Å². The van der Waals surface area contributed by atoms with E-state index in [0.717, 1.165) is 0 Å². The van der Waals surface area contributed by atoms with Crippen molar-refractivity contribution in [3.05, 3.63) is 29.8 Å². The fourth-order valence-corrected chi connectivity index (χ4v) is 2.00. The second-order valence-electron chi connectivity index (χ2n) is 4.65. The molecule has 2 amide bonds. The first-order chi connectivity index (χ1) is 8.49. The number of carbonyl (C=O) groups is 2. The standard InChI is InChI=1S/C13H16N2O3/c1-8(2)15-7-11(17)14-12(13(15)18)9-3-5-10(16)6-4-9/h3-6,8,12,16H,7H2,1-2H3,(H,14,17)/t12-/m1/s1. The molecule has 0 bridgehead atoms. The van der Waals surface area contributed by atoms with Gasteiger partial charge in [-0.2, -0.15) is 0 Å². The molecule has 0 radical (unpaired) electrons. The van der Waals surface area contributed by atoms with Gasteiger partial charge in [0.05, 0.1) is 6.54 Å². The maximum Gasteiger partial charge on any atom is 0.250 e. The fraction of sp³-hybridized carbons (Fsp3) is 0.385. The van der Waals surface area contributed by atoms with Gasteiger partial charge in [0, 0.05) is 6.04 Å². The summed E-state index contributed by atoms with van der Waals surface area (Å²) in [5.41, 5.74) is 0.677. The summed E-state index contributed by atoms with van der Waals surface area (Å²) in [6, 6.07) is 5.62. The van der Waals surface area contributed by atoms with Crippen molar-refractivity contribution in [2.45, 2.75) is 25.9 Å². The lowest BCUT2D eigenvalue weighted by atomic mass is 10.0. The van der Waals surface area contributed by atoms with Crippen LogP contribution < -0.4 is 5.32 Å². The number of carbonyl (C=O) groups excluding carboxylic acids is 2. The zero-order chi connectivity index (χ0) is 13.3. The molecule has 2 N–H and O–H groups in total. The normalized spacial score (nSPS) is 20.2. The lowest BCUT2D eigenvalue weighted by Gasteiger charge is -2.35. The highest BCUT2D eigenvalue weighted by atomic mass is 16.3. The van der Waals surface area contributed by atoms with Crippen LogP contribution in [0.5, 0.6) is 5.75 Å². The maximum absolute atomic E-state index is 12.2. The van der Waals surface area contributed by atoms with Gasteiger partial charge in [-0.15, -0.1) is 0 Å². The predicted molar refractivity (Wildman–Crippen MR) is 65.8 cm³/mol. The molecular weight excluding hydrogens is 232 g/mol. The Morgan fingerprint density at radius 2 is 1.89 bits per heavy atom. The van der Waals surface area contributed by atoms with Crippen LogP contribution in [0.4, 0.5) is 0 Å². The largest absolute Gasteiger partial charge is 0.508 e. The van der Waals surface area contributed by atoms with Crippen molar-refractivity contribution < 1.29 is 14.7 Å².